The van der Waals surface area contributed by atoms with E-state index in [2.05, 4.69) is 10.0 Å². The minimum absolute atomic E-state index is 0.155. The summed E-state index contributed by atoms with van der Waals surface area (Å²) in [4.78, 5) is 28.1. The van der Waals surface area contributed by atoms with Crippen LogP contribution in [0.2, 0.25) is 5.02 Å². The van der Waals surface area contributed by atoms with Crippen LogP contribution in [-0.2, 0) is 9.59 Å². The van der Waals surface area contributed by atoms with Gasteiger partial charge in [-0.2, -0.15) is 0 Å². The lowest BCUT2D eigenvalue weighted by atomic mass is 9.90. The van der Waals surface area contributed by atoms with Gasteiger partial charge in [0, 0.05) is 24.2 Å². The summed E-state index contributed by atoms with van der Waals surface area (Å²) in [5.74, 6) is -0.128. The molecule has 3 atom stereocenters. The Morgan fingerprint density at radius 1 is 0.964 bits per heavy atom. The molecule has 3 fully saturated rings. The predicted octanol–water partition coefficient (Wildman–Crippen LogP) is 2.88. The van der Waals surface area contributed by atoms with Crippen LogP contribution in [0.25, 0.3) is 0 Å². The Labute approximate surface area is 168 Å². The van der Waals surface area contributed by atoms with E-state index in [-0.39, 0.29) is 17.9 Å². The average molecular weight is 398 g/mol. The second-order valence-corrected chi connectivity index (χ2v) is 7.80. The third-order valence-electron chi connectivity index (χ3n) is 5.93. The second kappa shape index (κ2) is 6.58. The number of hydrogen-bond acceptors (Lipinski definition) is 5. The minimum atomic E-state index is -0.457. The number of nitrogens with zero attached hydrogens (tertiary/aromatic N) is 3. The molecule has 3 aliphatic heterocycles. The molecule has 6 nitrogen and oxygen atoms in total. The second-order valence-electron chi connectivity index (χ2n) is 7.36. The molecule has 0 aromatic heterocycles. The first-order valence-electron chi connectivity index (χ1n) is 9.40. The summed E-state index contributed by atoms with van der Waals surface area (Å²) in [6, 6.07) is 14.1. The highest BCUT2D eigenvalue weighted by Crippen LogP contribution is 2.49. The molecule has 0 bridgehead atoms. The number of carbonyl (C=O) groups excluding carboxylic acids is 2. The van der Waals surface area contributed by atoms with Crippen molar-refractivity contribution in [2.24, 2.45) is 5.92 Å². The summed E-state index contributed by atoms with van der Waals surface area (Å²) in [7, 11) is 1.57. The Kier molecular flexibility index (Phi) is 4.16. The Morgan fingerprint density at radius 3 is 2.39 bits per heavy atom. The summed E-state index contributed by atoms with van der Waals surface area (Å²) in [6.45, 7) is 1.64. The van der Waals surface area contributed by atoms with Gasteiger partial charge in [0.2, 0.25) is 5.91 Å². The van der Waals surface area contributed by atoms with Gasteiger partial charge in [-0.05, 0) is 36.2 Å². The number of fused-ring (bicyclic) bond motifs is 3. The van der Waals surface area contributed by atoms with E-state index in [1.807, 2.05) is 24.3 Å². The number of carbonyl (C=O) groups is 2. The number of anilines is 1. The van der Waals surface area contributed by atoms with Crippen molar-refractivity contribution in [3.63, 3.8) is 0 Å². The van der Waals surface area contributed by atoms with Gasteiger partial charge in [0.25, 0.3) is 5.91 Å². The van der Waals surface area contributed by atoms with E-state index in [0.717, 1.165) is 25.1 Å². The van der Waals surface area contributed by atoms with Crippen LogP contribution in [0.15, 0.2) is 48.5 Å². The zero-order valence-corrected chi connectivity index (χ0v) is 16.2. The molecule has 28 heavy (non-hydrogen) atoms. The minimum Gasteiger partial charge on any atom is -0.497 e. The fourth-order valence-corrected chi connectivity index (χ4v) is 4.90. The monoisotopic (exact) mass is 397 g/mol. The van der Waals surface area contributed by atoms with Crippen LogP contribution in [0, 0.1) is 5.92 Å². The Balaban J connectivity index is 1.57. The highest BCUT2D eigenvalue weighted by atomic mass is 35.5. The van der Waals surface area contributed by atoms with Crippen LogP contribution in [-0.4, -0.2) is 48.1 Å². The van der Waals surface area contributed by atoms with E-state index in [9.17, 15) is 9.59 Å². The lowest BCUT2D eigenvalue weighted by Gasteiger charge is -2.29. The standard InChI is InChI=1S/C21H20ClN3O3/c1-28-16-5-2-4-15(12-16)25-20(26)17-18(13-6-8-14(22)9-7-13)23-10-3-11-24(23)19(17)21(25)27/h2,4-9,12,17-19H,3,10-11H2,1H3/t17-,18+,19+/m0/s1. The summed E-state index contributed by atoms with van der Waals surface area (Å²) in [6.07, 6.45) is 0.980. The van der Waals surface area contributed by atoms with Gasteiger partial charge in [-0.1, -0.05) is 29.8 Å². The molecule has 3 aliphatic rings. The third-order valence-corrected chi connectivity index (χ3v) is 6.18. The maximum Gasteiger partial charge on any atom is 0.253 e. The smallest absolute Gasteiger partial charge is 0.253 e. The first-order valence-corrected chi connectivity index (χ1v) is 9.78. The van der Waals surface area contributed by atoms with Crippen molar-refractivity contribution in [3.05, 3.63) is 59.1 Å². The molecule has 5 rings (SSSR count). The predicted molar refractivity (Wildman–Crippen MR) is 105 cm³/mol. The first kappa shape index (κ1) is 17.7. The molecular formula is C21H20ClN3O3. The fraction of sp³-hybridized carbons (Fsp3) is 0.333. The zero-order chi connectivity index (χ0) is 19.4. The van der Waals surface area contributed by atoms with Crippen LogP contribution in [0.5, 0.6) is 5.75 Å². The summed E-state index contributed by atoms with van der Waals surface area (Å²) in [5, 5.41) is 4.94. The van der Waals surface area contributed by atoms with Crippen molar-refractivity contribution in [2.45, 2.75) is 18.5 Å². The van der Waals surface area contributed by atoms with Gasteiger partial charge in [-0.25, -0.2) is 14.9 Å². The van der Waals surface area contributed by atoms with Crippen LogP contribution in [0.1, 0.15) is 18.0 Å². The van der Waals surface area contributed by atoms with Gasteiger partial charge < -0.3 is 4.74 Å². The van der Waals surface area contributed by atoms with E-state index >= 15 is 0 Å². The molecule has 3 heterocycles. The van der Waals surface area contributed by atoms with Crippen LogP contribution >= 0.6 is 11.6 Å². The molecule has 7 heteroatoms. The van der Waals surface area contributed by atoms with E-state index in [1.165, 1.54) is 4.90 Å². The van der Waals surface area contributed by atoms with Crippen molar-refractivity contribution in [3.8, 4) is 5.75 Å². The number of imide groups is 1. The number of hydrazine groups is 1. The molecule has 0 spiro atoms. The van der Waals surface area contributed by atoms with Gasteiger partial charge in [0.15, 0.2) is 0 Å². The molecule has 0 radical (unpaired) electrons. The lowest BCUT2D eigenvalue weighted by Crippen LogP contribution is -2.44. The first-order chi connectivity index (χ1) is 13.6. The van der Waals surface area contributed by atoms with Crippen LogP contribution in [0.4, 0.5) is 5.69 Å². The van der Waals surface area contributed by atoms with Crippen molar-refractivity contribution in [1.29, 1.82) is 0 Å². The lowest BCUT2D eigenvalue weighted by molar-refractivity contribution is -0.126. The quantitative estimate of drug-likeness (QED) is 0.745. The number of amides is 2. The van der Waals surface area contributed by atoms with E-state index < -0.39 is 12.0 Å². The number of ether oxygens (including phenoxy) is 1. The highest BCUT2D eigenvalue weighted by molar-refractivity contribution is 6.30. The Hall–Kier alpha value is -2.41. The van der Waals surface area contributed by atoms with Gasteiger partial charge in [-0.15, -0.1) is 0 Å². The Bertz CT molecular complexity index is 948. The van der Waals surface area contributed by atoms with Crippen molar-refractivity contribution in [1.82, 2.24) is 10.0 Å². The van der Waals surface area contributed by atoms with Gasteiger partial charge >= 0.3 is 0 Å². The molecule has 0 unspecified atom stereocenters. The zero-order valence-electron chi connectivity index (χ0n) is 15.4. The van der Waals surface area contributed by atoms with E-state index in [0.29, 0.717) is 16.5 Å². The molecule has 2 aromatic rings. The maximum atomic E-state index is 13.5. The molecule has 144 valence electrons. The number of benzene rings is 2. The van der Waals surface area contributed by atoms with E-state index in [4.69, 9.17) is 16.3 Å². The molecule has 3 saturated heterocycles. The number of rotatable bonds is 3. The van der Waals surface area contributed by atoms with Crippen molar-refractivity contribution in [2.75, 3.05) is 25.1 Å². The molecule has 2 aromatic carbocycles. The largest absolute Gasteiger partial charge is 0.497 e. The number of methoxy groups -OCH3 is 1. The van der Waals surface area contributed by atoms with Crippen LogP contribution < -0.4 is 9.64 Å². The van der Waals surface area contributed by atoms with Crippen molar-refractivity contribution < 1.29 is 14.3 Å². The average Bonchev–Trinajstić information content (AvgIpc) is 3.35. The van der Waals surface area contributed by atoms with E-state index in [1.54, 1.807) is 31.4 Å². The SMILES string of the molecule is COc1cccc(N2C(=O)[C@H]3[C@@H](c4ccc(Cl)cc4)N4CCCN4[C@H]3C2=O)c1. The fourth-order valence-electron chi connectivity index (χ4n) is 4.78. The van der Waals surface area contributed by atoms with Crippen molar-refractivity contribution >= 4 is 29.1 Å². The topological polar surface area (TPSA) is 53.1 Å². The van der Waals surface area contributed by atoms with Gasteiger partial charge in [0.1, 0.15) is 11.8 Å². The maximum absolute atomic E-state index is 13.5. The van der Waals surface area contributed by atoms with Gasteiger partial charge in [0.05, 0.1) is 24.8 Å². The number of hydrogen-bond donors (Lipinski definition) is 0. The Morgan fingerprint density at radius 2 is 1.68 bits per heavy atom. The summed E-state index contributed by atoms with van der Waals surface area (Å²) in [5.41, 5.74) is 1.57. The van der Waals surface area contributed by atoms with Crippen LogP contribution in [0.3, 0.4) is 0 Å². The highest BCUT2D eigenvalue weighted by Gasteiger charge is 2.62. The molecule has 0 aliphatic carbocycles. The summed E-state index contributed by atoms with van der Waals surface area (Å²) < 4.78 is 5.27. The molecule has 0 saturated carbocycles. The molecule has 2 amide bonds. The third kappa shape index (κ3) is 2.49. The summed E-state index contributed by atoms with van der Waals surface area (Å²) >= 11 is 6.06. The molecule has 0 N–H and O–H groups in total. The van der Waals surface area contributed by atoms with Gasteiger partial charge in [-0.3, -0.25) is 9.59 Å². The number of halogens is 1. The molecular weight excluding hydrogens is 378 g/mol. The normalized spacial score (nSPS) is 27.4.